The SMILES string of the molecule is CC(C)(C)OC(=O)/N=C(\NC(=O)OC(C)(C)C)Nc1ccc(OCCO[Si](C)(C)C(C)(C)C)cc1. The van der Waals surface area contributed by atoms with E-state index in [2.05, 4.69) is 49.5 Å². The second kappa shape index (κ2) is 11.9. The summed E-state index contributed by atoms with van der Waals surface area (Å²) < 4.78 is 22.4. The van der Waals surface area contributed by atoms with Gasteiger partial charge in [0.25, 0.3) is 0 Å². The molecule has 0 saturated heterocycles. The quantitative estimate of drug-likeness (QED) is 0.200. The number of benzene rings is 1. The lowest BCUT2D eigenvalue weighted by Crippen LogP contribution is -2.41. The number of hydrogen-bond donors (Lipinski definition) is 2. The van der Waals surface area contributed by atoms with Gasteiger partial charge >= 0.3 is 12.2 Å². The Morgan fingerprint density at radius 1 is 0.857 bits per heavy atom. The fraction of sp³-hybridized carbons (Fsp3) is 0.640. The summed E-state index contributed by atoms with van der Waals surface area (Å²) in [6.07, 6.45) is -1.60. The number of hydrogen-bond acceptors (Lipinski definition) is 6. The normalized spacial score (nSPS) is 13.2. The molecule has 35 heavy (non-hydrogen) atoms. The number of ether oxygens (including phenoxy) is 3. The summed E-state index contributed by atoms with van der Waals surface area (Å²) >= 11 is 0. The van der Waals surface area contributed by atoms with Gasteiger partial charge < -0.3 is 24.0 Å². The molecule has 1 aromatic rings. The molecule has 0 radical (unpaired) electrons. The minimum Gasteiger partial charge on any atom is -0.491 e. The maximum atomic E-state index is 12.2. The molecule has 10 heteroatoms. The van der Waals surface area contributed by atoms with Gasteiger partial charge in [-0.1, -0.05) is 20.8 Å². The van der Waals surface area contributed by atoms with Crippen LogP contribution in [0, 0.1) is 0 Å². The number of alkyl carbamates (subject to hydrolysis) is 1. The van der Waals surface area contributed by atoms with Crippen LogP contribution in [0.5, 0.6) is 5.75 Å². The molecule has 198 valence electrons. The molecule has 2 amide bonds. The molecule has 0 aliphatic carbocycles. The molecule has 0 unspecified atom stereocenters. The van der Waals surface area contributed by atoms with Crippen LogP contribution in [-0.2, 0) is 13.9 Å². The third-order valence-corrected chi connectivity index (χ3v) is 9.49. The van der Waals surface area contributed by atoms with Crippen LogP contribution in [0.15, 0.2) is 29.3 Å². The van der Waals surface area contributed by atoms with Crippen molar-refractivity contribution in [3.8, 4) is 5.75 Å². The predicted molar refractivity (Wildman–Crippen MR) is 142 cm³/mol. The predicted octanol–water partition coefficient (Wildman–Crippen LogP) is 6.31. The molecule has 0 spiro atoms. The highest BCUT2D eigenvalue weighted by atomic mass is 28.4. The number of carbonyl (C=O) groups excluding carboxylic acids is 2. The lowest BCUT2D eigenvalue weighted by atomic mass is 10.2. The zero-order valence-electron chi connectivity index (χ0n) is 23.1. The van der Waals surface area contributed by atoms with Crippen molar-refractivity contribution in [2.24, 2.45) is 4.99 Å². The van der Waals surface area contributed by atoms with Crippen LogP contribution in [-0.4, -0.2) is 50.9 Å². The van der Waals surface area contributed by atoms with E-state index >= 15 is 0 Å². The van der Waals surface area contributed by atoms with Crippen LogP contribution in [0.2, 0.25) is 18.1 Å². The molecule has 0 heterocycles. The zero-order chi connectivity index (χ0) is 27.1. The molecule has 0 atom stereocenters. The lowest BCUT2D eigenvalue weighted by molar-refractivity contribution is 0.0562. The minimum absolute atomic E-state index is 0.120. The Balaban J connectivity index is 2.81. The number of amides is 2. The summed E-state index contributed by atoms with van der Waals surface area (Å²) in [6.45, 7) is 22.3. The maximum Gasteiger partial charge on any atom is 0.437 e. The highest BCUT2D eigenvalue weighted by Crippen LogP contribution is 2.36. The third-order valence-electron chi connectivity index (χ3n) is 4.95. The van der Waals surface area contributed by atoms with E-state index in [1.807, 2.05) is 0 Å². The summed E-state index contributed by atoms with van der Waals surface area (Å²) in [4.78, 5) is 28.3. The van der Waals surface area contributed by atoms with E-state index < -0.39 is 31.7 Å². The molecule has 0 aromatic heterocycles. The molecule has 1 aromatic carbocycles. The Bertz CT molecular complexity index is 878. The topological polar surface area (TPSA) is 107 Å². The number of carbonyl (C=O) groups is 2. The number of nitrogens with one attached hydrogen (secondary N) is 2. The summed E-state index contributed by atoms with van der Waals surface area (Å²) in [5, 5.41) is 5.51. The molecule has 0 aliphatic heterocycles. The number of nitrogens with zero attached hydrogens (tertiary/aromatic N) is 1. The van der Waals surface area contributed by atoms with Gasteiger partial charge in [0.2, 0.25) is 5.96 Å². The van der Waals surface area contributed by atoms with E-state index in [0.29, 0.717) is 24.7 Å². The first kappa shape index (κ1) is 30.4. The van der Waals surface area contributed by atoms with Crippen LogP contribution in [0.25, 0.3) is 0 Å². The Morgan fingerprint density at radius 2 is 1.40 bits per heavy atom. The Kier molecular flexibility index (Phi) is 10.3. The van der Waals surface area contributed by atoms with E-state index in [4.69, 9.17) is 18.6 Å². The van der Waals surface area contributed by atoms with Gasteiger partial charge in [-0.15, -0.1) is 4.99 Å². The molecule has 0 fully saturated rings. The van der Waals surface area contributed by atoms with Crippen molar-refractivity contribution >= 4 is 32.2 Å². The minimum atomic E-state index is -1.81. The summed E-state index contributed by atoms with van der Waals surface area (Å²) in [7, 11) is -1.81. The Morgan fingerprint density at radius 3 is 1.89 bits per heavy atom. The highest BCUT2D eigenvalue weighted by molar-refractivity contribution is 6.74. The second-order valence-corrected chi connectivity index (χ2v) is 16.5. The van der Waals surface area contributed by atoms with Crippen LogP contribution in [0.1, 0.15) is 62.3 Å². The Labute approximate surface area is 211 Å². The summed E-state index contributed by atoms with van der Waals surface area (Å²) in [6, 6.07) is 7.03. The van der Waals surface area contributed by atoms with Crippen molar-refractivity contribution in [3.63, 3.8) is 0 Å². The molecular weight excluding hydrogens is 466 g/mol. The first-order valence-corrected chi connectivity index (χ1v) is 14.6. The van der Waals surface area contributed by atoms with Crippen molar-refractivity contribution in [3.05, 3.63) is 24.3 Å². The molecule has 9 nitrogen and oxygen atoms in total. The van der Waals surface area contributed by atoms with Gasteiger partial charge in [0.05, 0.1) is 6.61 Å². The van der Waals surface area contributed by atoms with E-state index in [9.17, 15) is 9.59 Å². The van der Waals surface area contributed by atoms with Gasteiger partial charge in [-0.05, 0) is 83.9 Å². The van der Waals surface area contributed by atoms with Gasteiger partial charge in [0.15, 0.2) is 8.32 Å². The van der Waals surface area contributed by atoms with Crippen molar-refractivity contribution in [2.45, 2.75) is 91.6 Å². The first-order chi connectivity index (χ1) is 15.8. The molecule has 0 bridgehead atoms. The number of anilines is 1. The van der Waals surface area contributed by atoms with Crippen molar-refractivity contribution in [1.29, 1.82) is 0 Å². The number of rotatable bonds is 6. The number of guanidine groups is 1. The fourth-order valence-electron chi connectivity index (χ4n) is 2.31. The summed E-state index contributed by atoms with van der Waals surface area (Å²) in [5.74, 6) is 0.546. The van der Waals surface area contributed by atoms with Crippen LogP contribution in [0.3, 0.4) is 0 Å². The first-order valence-electron chi connectivity index (χ1n) is 11.7. The van der Waals surface area contributed by atoms with E-state index in [1.54, 1.807) is 65.8 Å². The number of aliphatic imine (C=N–C) groups is 1. The molecule has 1 rings (SSSR count). The van der Waals surface area contributed by atoms with Gasteiger partial charge in [0, 0.05) is 5.69 Å². The fourth-order valence-corrected chi connectivity index (χ4v) is 3.33. The van der Waals surface area contributed by atoms with Gasteiger partial charge in [-0.25, -0.2) is 9.59 Å². The largest absolute Gasteiger partial charge is 0.491 e. The Hall–Kier alpha value is -2.59. The van der Waals surface area contributed by atoms with Crippen molar-refractivity contribution < 1.29 is 28.2 Å². The van der Waals surface area contributed by atoms with E-state index in [-0.39, 0.29) is 11.0 Å². The molecular formula is C25H43N3O6Si. The highest BCUT2D eigenvalue weighted by Gasteiger charge is 2.36. The van der Waals surface area contributed by atoms with Crippen LogP contribution in [0.4, 0.5) is 15.3 Å². The zero-order valence-corrected chi connectivity index (χ0v) is 24.1. The lowest BCUT2D eigenvalue weighted by Gasteiger charge is -2.36. The standard InChI is InChI=1S/C25H43N3O6Si/c1-23(2,3)33-21(29)27-20(28-22(30)34-24(4,5)6)26-18-12-14-19(15-13-18)31-16-17-32-35(10,11)25(7,8)9/h12-15H,16-17H2,1-11H3,(H2,26,27,28,29,30). The van der Waals surface area contributed by atoms with E-state index in [1.165, 1.54) is 0 Å². The third kappa shape index (κ3) is 12.6. The molecule has 2 N–H and O–H groups in total. The van der Waals surface area contributed by atoms with Gasteiger partial charge in [0.1, 0.15) is 23.6 Å². The van der Waals surface area contributed by atoms with Gasteiger partial charge in [-0.3, -0.25) is 5.32 Å². The van der Waals surface area contributed by atoms with Crippen molar-refractivity contribution in [1.82, 2.24) is 5.32 Å². The van der Waals surface area contributed by atoms with Gasteiger partial charge in [-0.2, -0.15) is 0 Å². The smallest absolute Gasteiger partial charge is 0.437 e. The maximum absolute atomic E-state index is 12.2. The average Bonchev–Trinajstić information content (AvgIpc) is 2.62. The molecule has 0 saturated carbocycles. The van der Waals surface area contributed by atoms with Crippen molar-refractivity contribution in [2.75, 3.05) is 18.5 Å². The second-order valence-electron chi connectivity index (χ2n) is 11.7. The summed E-state index contributed by atoms with van der Waals surface area (Å²) in [5.41, 5.74) is -0.868. The van der Waals surface area contributed by atoms with Crippen LogP contribution >= 0.6 is 0 Å². The average molecular weight is 510 g/mol. The van der Waals surface area contributed by atoms with Crippen LogP contribution < -0.4 is 15.4 Å². The monoisotopic (exact) mass is 509 g/mol. The molecule has 0 aliphatic rings. The van der Waals surface area contributed by atoms with E-state index in [0.717, 1.165) is 0 Å².